The van der Waals surface area contributed by atoms with Gasteiger partial charge in [0.05, 0.1) is 19.2 Å². The second-order valence-electron chi connectivity index (χ2n) is 5.20. The van der Waals surface area contributed by atoms with E-state index in [-0.39, 0.29) is 18.1 Å². The van der Waals surface area contributed by atoms with Crippen LogP contribution in [0.4, 0.5) is 0 Å². The van der Waals surface area contributed by atoms with Crippen LogP contribution in [-0.2, 0) is 9.53 Å². The molecule has 0 bridgehead atoms. The van der Waals surface area contributed by atoms with Gasteiger partial charge in [-0.15, -0.1) is 0 Å². The number of amides is 1. The number of thiophene rings is 1. The van der Waals surface area contributed by atoms with Crippen LogP contribution >= 0.6 is 11.3 Å². The van der Waals surface area contributed by atoms with Crippen LogP contribution in [0.15, 0.2) is 16.8 Å². The van der Waals surface area contributed by atoms with E-state index in [1.54, 1.807) is 11.3 Å². The summed E-state index contributed by atoms with van der Waals surface area (Å²) in [6.45, 7) is 3.01. The van der Waals surface area contributed by atoms with E-state index in [0.29, 0.717) is 13.2 Å². The Morgan fingerprint density at radius 1 is 1.47 bits per heavy atom. The maximum atomic E-state index is 12.5. The maximum Gasteiger partial charge on any atom is 0.239 e. The summed E-state index contributed by atoms with van der Waals surface area (Å²) < 4.78 is 5.78. The van der Waals surface area contributed by atoms with Crippen molar-refractivity contribution in [3.8, 4) is 0 Å². The standard InChI is InChI=1S/C14H20N2O2S/c17-14(12-3-1-2-5-15-12)16-6-7-18-13(9-16)11-4-8-19-10-11/h4,8,10,12-13,15H,1-3,5-7,9H2. The van der Waals surface area contributed by atoms with E-state index in [0.717, 1.165) is 25.9 Å². The Balaban J connectivity index is 1.62. The lowest BCUT2D eigenvalue weighted by atomic mass is 10.0. The minimum atomic E-state index is 0.0231. The van der Waals surface area contributed by atoms with E-state index in [1.165, 1.54) is 12.0 Å². The minimum absolute atomic E-state index is 0.0231. The van der Waals surface area contributed by atoms with E-state index < -0.39 is 0 Å². The number of piperidine rings is 1. The molecule has 0 saturated carbocycles. The van der Waals surface area contributed by atoms with Gasteiger partial charge in [0.25, 0.3) is 0 Å². The van der Waals surface area contributed by atoms with Crippen LogP contribution in [0.2, 0.25) is 0 Å². The highest BCUT2D eigenvalue weighted by Crippen LogP contribution is 2.25. The fraction of sp³-hybridized carbons (Fsp3) is 0.643. The Morgan fingerprint density at radius 2 is 2.42 bits per heavy atom. The summed E-state index contributed by atoms with van der Waals surface area (Å²) in [6.07, 6.45) is 3.36. The van der Waals surface area contributed by atoms with Crippen molar-refractivity contribution in [3.05, 3.63) is 22.4 Å². The Hall–Kier alpha value is -0.910. The van der Waals surface area contributed by atoms with E-state index >= 15 is 0 Å². The van der Waals surface area contributed by atoms with Gasteiger partial charge in [-0.25, -0.2) is 0 Å². The molecule has 2 atom stereocenters. The van der Waals surface area contributed by atoms with Crippen LogP contribution in [0.1, 0.15) is 30.9 Å². The Morgan fingerprint density at radius 3 is 3.16 bits per heavy atom. The molecule has 0 spiro atoms. The van der Waals surface area contributed by atoms with Crippen molar-refractivity contribution in [2.75, 3.05) is 26.2 Å². The van der Waals surface area contributed by atoms with Gasteiger partial charge in [0.15, 0.2) is 0 Å². The van der Waals surface area contributed by atoms with Crippen molar-refractivity contribution in [2.45, 2.75) is 31.4 Å². The average Bonchev–Trinajstić information content (AvgIpc) is 3.02. The van der Waals surface area contributed by atoms with Gasteiger partial charge in [-0.05, 0) is 41.8 Å². The summed E-state index contributed by atoms with van der Waals surface area (Å²) in [7, 11) is 0. The van der Waals surface area contributed by atoms with Crippen molar-refractivity contribution in [3.63, 3.8) is 0 Å². The summed E-state index contributed by atoms with van der Waals surface area (Å²) in [5.74, 6) is 0.253. The van der Waals surface area contributed by atoms with Crippen molar-refractivity contribution in [1.29, 1.82) is 0 Å². The summed E-state index contributed by atoms with van der Waals surface area (Å²) in [6, 6.07) is 2.11. The zero-order chi connectivity index (χ0) is 13.1. The molecule has 2 aliphatic heterocycles. The molecule has 3 heterocycles. The first-order chi connectivity index (χ1) is 9.34. The molecular formula is C14H20N2O2S. The Kier molecular flexibility index (Phi) is 4.15. The largest absolute Gasteiger partial charge is 0.370 e. The monoisotopic (exact) mass is 280 g/mol. The highest BCUT2D eigenvalue weighted by atomic mass is 32.1. The van der Waals surface area contributed by atoms with Crippen molar-refractivity contribution < 1.29 is 9.53 Å². The Bertz CT molecular complexity index is 415. The molecule has 0 radical (unpaired) electrons. The maximum absolute atomic E-state index is 12.5. The summed E-state index contributed by atoms with van der Waals surface area (Å²) >= 11 is 1.68. The molecule has 1 N–H and O–H groups in total. The number of hydrogen-bond donors (Lipinski definition) is 1. The highest BCUT2D eigenvalue weighted by Gasteiger charge is 2.30. The zero-order valence-electron chi connectivity index (χ0n) is 11.0. The predicted octanol–water partition coefficient (Wildman–Crippen LogP) is 1.79. The van der Waals surface area contributed by atoms with Gasteiger partial charge < -0.3 is 15.0 Å². The molecule has 5 heteroatoms. The van der Waals surface area contributed by atoms with Gasteiger partial charge in [0.1, 0.15) is 6.10 Å². The molecule has 2 unspecified atom stereocenters. The number of carbonyl (C=O) groups excluding carboxylic acids is 1. The molecule has 1 aromatic heterocycles. The molecule has 3 rings (SSSR count). The van der Waals surface area contributed by atoms with Gasteiger partial charge >= 0.3 is 0 Å². The molecule has 2 aliphatic rings. The first-order valence-electron chi connectivity index (χ1n) is 7.00. The quantitative estimate of drug-likeness (QED) is 0.898. The first kappa shape index (κ1) is 13.1. The number of nitrogens with zero attached hydrogens (tertiary/aromatic N) is 1. The number of hydrogen-bond acceptors (Lipinski definition) is 4. The summed E-state index contributed by atoms with van der Waals surface area (Å²) in [5.41, 5.74) is 1.19. The third kappa shape index (κ3) is 2.99. The summed E-state index contributed by atoms with van der Waals surface area (Å²) in [5, 5.41) is 7.50. The minimum Gasteiger partial charge on any atom is -0.370 e. The van der Waals surface area contributed by atoms with Gasteiger partial charge in [-0.3, -0.25) is 4.79 Å². The normalized spacial score (nSPS) is 28.3. The van der Waals surface area contributed by atoms with Crippen LogP contribution in [-0.4, -0.2) is 43.1 Å². The molecule has 4 nitrogen and oxygen atoms in total. The summed E-state index contributed by atoms with van der Waals surface area (Å²) in [4.78, 5) is 14.4. The number of carbonyl (C=O) groups is 1. The molecular weight excluding hydrogens is 260 g/mol. The van der Waals surface area contributed by atoms with E-state index in [2.05, 4.69) is 22.1 Å². The molecule has 1 amide bonds. The fourth-order valence-corrected chi connectivity index (χ4v) is 3.49. The van der Waals surface area contributed by atoms with E-state index in [9.17, 15) is 4.79 Å². The van der Waals surface area contributed by atoms with Gasteiger partial charge in [-0.2, -0.15) is 11.3 Å². The molecule has 104 valence electrons. The zero-order valence-corrected chi connectivity index (χ0v) is 11.8. The third-order valence-corrected chi connectivity index (χ3v) is 4.60. The number of morpholine rings is 1. The van der Waals surface area contributed by atoms with Gasteiger partial charge in [0, 0.05) is 6.54 Å². The molecule has 19 heavy (non-hydrogen) atoms. The first-order valence-corrected chi connectivity index (χ1v) is 7.95. The van der Waals surface area contributed by atoms with Crippen molar-refractivity contribution >= 4 is 17.2 Å². The lowest BCUT2D eigenvalue weighted by Gasteiger charge is -2.36. The van der Waals surface area contributed by atoms with Gasteiger partial charge in [-0.1, -0.05) is 6.42 Å². The van der Waals surface area contributed by atoms with Crippen LogP contribution in [0.5, 0.6) is 0 Å². The third-order valence-electron chi connectivity index (χ3n) is 3.90. The van der Waals surface area contributed by atoms with Crippen LogP contribution in [0, 0.1) is 0 Å². The molecule has 2 fully saturated rings. The Labute approximate surface area is 117 Å². The van der Waals surface area contributed by atoms with Crippen LogP contribution in [0.25, 0.3) is 0 Å². The molecule has 0 aliphatic carbocycles. The van der Waals surface area contributed by atoms with Crippen molar-refractivity contribution in [2.24, 2.45) is 0 Å². The lowest BCUT2D eigenvalue weighted by Crippen LogP contribution is -2.52. The molecule has 2 saturated heterocycles. The van der Waals surface area contributed by atoms with E-state index in [4.69, 9.17) is 4.74 Å². The number of ether oxygens (including phenoxy) is 1. The van der Waals surface area contributed by atoms with Crippen LogP contribution in [0.3, 0.4) is 0 Å². The average molecular weight is 280 g/mol. The lowest BCUT2D eigenvalue weighted by molar-refractivity contribution is -0.141. The SMILES string of the molecule is O=C(C1CCCCN1)N1CCOC(c2ccsc2)C1. The van der Waals surface area contributed by atoms with Crippen molar-refractivity contribution in [1.82, 2.24) is 10.2 Å². The second kappa shape index (κ2) is 6.03. The van der Waals surface area contributed by atoms with Crippen LogP contribution < -0.4 is 5.32 Å². The fourth-order valence-electron chi connectivity index (χ4n) is 2.79. The predicted molar refractivity (Wildman–Crippen MR) is 75.2 cm³/mol. The number of rotatable bonds is 2. The number of nitrogens with one attached hydrogen (secondary N) is 1. The molecule has 0 aromatic carbocycles. The topological polar surface area (TPSA) is 41.6 Å². The van der Waals surface area contributed by atoms with Gasteiger partial charge in [0.2, 0.25) is 5.91 Å². The second-order valence-corrected chi connectivity index (χ2v) is 5.98. The smallest absolute Gasteiger partial charge is 0.239 e. The van der Waals surface area contributed by atoms with E-state index in [1.807, 2.05) is 4.90 Å². The highest BCUT2D eigenvalue weighted by molar-refractivity contribution is 7.07. The molecule has 1 aromatic rings.